The fourth-order valence-electron chi connectivity index (χ4n) is 1.20. The van der Waals surface area contributed by atoms with Gasteiger partial charge in [0.15, 0.2) is 6.10 Å². The van der Waals surface area contributed by atoms with Crippen molar-refractivity contribution >= 4 is 27.6 Å². The lowest BCUT2D eigenvalue weighted by atomic mass is 10.3. The molecule has 0 aliphatic heterocycles. The molecule has 0 aromatic heterocycles. The summed E-state index contributed by atoms with van der Waals surface area (Å²) in [4.78, 5) is 9.96. The van der Waals surface area contributed by atoms with Gasteiger partial charge in [-0.1, -0.05) is 11.6 Å². The molecule has 0 aliphatic carbocycles. The highest BCUT2D eigenvalue weighted by Crippen LogP contribution is 2.28. The zero-order valence-corrected chi connectivity index (χ0v) is 11.7. The fourth-order valence-corrected chi connectivity index (χ4v) is 2.55. The molecule has 1 aromatic carbocycles. The van der Waals surface area contributed by atoms with Gasteiger partial charge in [0.05, 0.1) is 9.92 Å². The van der Waals surface area contributed by atoms with Gasteiger partial charge in [-0.15, -0.1) is 0 Å². The van der Waals surface area contributed by atoms with E-state index in [1.807, 2.05) is 4.72 Å². The van der Waals surface area contributed by atoms with Crippen LogP contribution in [0.25, 0.3) is 0 Å². The molecular weight excluding hydrogens is 336 g/mol. The number of nitrogens with one attached hydrogen (secondary N) is 1. The van der Waals surface area contributed by atoms with Gasteiger partial charge in [-0.3, -0.25) is 0 Å². The van der Waals surface area contributed by atoms with E-state index in [1.54, 1.807) is 0 Å². The standard InChI is InChI=1S/C10H10ClF2NO6S/c11-6-3-5(1-2-8(6)20-10(12)13)21(18,19)14-4-7(15)9(16)17/h1-3,7,10,14-15H,4H2,(H,16,17)/t7-/m0/s1. The number of carboxylic acid groups (broad SMARTS) is 1. The van der Waals surface area contributed by atoms with Crippen LogP contribution >= 0.6 is 11.6 Å². The van der Waals surface area contributed by atoms with Crippen LogP contribution in [0, 0.1) is 0 Å². The van der Waals surface area contributed by atoms with Crippen LogP contribution in [0.2, 0.25) is 5.02 Å². The van der Waals surface area contributed by atoms with E-state index >= 15 is 0 Å². The molecule has 0 spiro atoms. The van der Waals surface area contributed by atoms with Gasteiger partial charge in [-0.05, 0) is 18.2 Å². The normalized spacial score (nSPS) is 13.2. The lowest BCUT2D eigenvalue weighted by Crippen LogP contribution is -2.36. The molecule has 3 N–H and O–H groups in total. The Labute approximate surface area is 123 Å². The van der Waals surface area contributed by atoms with Crippen molar-refractivity contribution in [3.63, 3.8) is 0 Å². The first-order chi connectivity index (χ1) is 9.63. The second-order valence-corrected chi connectivity index (χ2v) is 5.85. The van der Waals surface area contributed by atoms with E-state index in [-0.39, 0.29) is 5.02 Å². The smallest absolute Gasteiger partial charge is 0.387 e. The summed E-state index contributed by atoms with van der Waals surface area (Å²) < 4.78 is 53.5. The Balaban J connectivity index is 2.89. The van der Waals surface area contributed by atoms with Crippen molar-refractivity contribution in [3.05, 3.63) is 23.2 Å². The summed E-state index contributed by atoms with van der Waals surface area (Å²) in [5.74, 6) is -2.01. The van der Waals surface area contributed by atoms with Gasteiger partial charge in [-0.2, -0.15) is 8.78 Å². The Morgan fingerprint density at radius 2 is 2.05 bits per heavy atom. The summed E-state index contributed by atoms with van der Waals surface area (Å²) in [5.41, 5.74) is 0. The molecule has 0 heterocycles. The number of benzene rings is 1. The summed E-state index contributed by atoms with van der Waals surface area (Å²) in [6.07, 6.45) is -1.92. The molecule has 118 valence electrons. The van der Waals surface area contributed by atoms with Gasteiger partial charge in [0.2, 0.25) is 10.0 Å². The predicted octanol–water partition coefficient (Wildman–Crippen LogP) is 0.665. The Hall–Kier alpha value is -1.49. The number of halogens is 3. The maximum atomic E-state index is 12.0. The van der Waals surface area contributed by atoms with Gasteiger partial charge in [0.25, 0.3) is 0 Å². The Kier molecular flexibility index (Phi) is 5.84. The number of ether oxygens (including phenoxy) is 1. The van der Waals surface area contributed by atoms with Crippen molar-refractivity contribution in [2.45, 2.75) is 17.6 Å². The van der Waals surface area contributed by atoms with Crippen LogP contribution < -0.4 is 9.46 Å². The third-order valence-corrected chi connectivity index (χ3v) is 3.90. The zero-order valence-electron chi connectivity index (χ0n) is 10.2. The molecule has 0 fully saturated rings. The average Bonchev–Trinajstić information content (AvgIpc) is 2.37. The van der Waals surface area contributed by atoms with Crippen molar-refractivity contribution in [3.8, 4) is 5.75 Å². The number of carbonyl (C=O) groups is 1. The Morgan fingerprint density at radius 1 is 1.43 bits per heavy atom. The number of hydrogen-bond acceptors (Lipinski definition) is 5. The highest BCUT2D eigenvalue weighted by Gasteiger charge is 2.21. The molecule has 0 saturated heterocycles. The Morgan fingerprint density at radius 3 is 2.52 bits per heavy atom. The second-order valence-electron chi connectivity index (χ2n) is 3.68. The van der Waals surface area contributed by atoms with Crippen LogP contribution in [-0.4, -0.2) is 43.9 Å². The minimum Gasteiger partial charge on any atom is -0.479 e. The number of hydrogen-bond donors (Lipinski definition) is 3. The SMILES string of the molecule is O=C(O)[C@@H](O)CNS(=O)(=O)c1ccc(OC(F)F)c(Cl)c1. The predicted molar refractivity (Wildman–Crippen MR) is 66.9 cm³/mol. The quantitative estimate of drug-likeness (QED) is 0.669. The van der Waals surface area contributed by atoms with Crippen LogP contribution in [0.4, 0.5) is 8.78 Å². The molecule has 11 heteroatoms. The van der Waals surface area contributed by atoms with Crippen LogP contribution in [0.1, 0.15) is 0 Å². The van der Waals surface area contributed by atoms with Gasteiger partial charge in [-0.25, -0.2) is 17.9 Å². The minimum absolute atomic E-state index is 0.364. The summed E-state index contributed by atoms with van der Waals surface area (Å²) in [5, 5.41) is 17.0. The summed E-state index contributed by atoms with van der Waals surface area (Å²) in [6, 6.07) is 2.73. The molecule has 0 amide bonds. The first kappa shape index (κ1) is 17.6. The fraction of sp³-hybridized carbons (Fsp3) is 0.300. The lowest BCUT2D eigenvalue weighted by molar-refractivity contribution is -0.146. The molecule has 0 aliphatic rings. The minimum atomic E-state index is -4.16. The number of sulfonamides is 1. The van der Waals surface area contributed by atoms with E-state index in [4.69, 9.17) is 21.8 Å². The molecular formula is C10H10ClF2NO6S. The van der Waals surface area contributed by atoms with Crippen molar-refractivity contribution in [2.75, 3.05) is 6.54 Å². The van der Waals surface area contributed by atoms with Crippen molar-refractivity contribution in [1.82, 2.24) is 4.72 Å². The number of aliphatic hydroxyl groups is 1. The topological polar surface area (TPSA) is 113 Å². The van der Waals surface area contributed by atoms with Gasteiger partial charge >= 0.3 is 12.6 Å². The van der Waals surface area contributed by atoms with E-state index in [1.165, 1.54) is 0 Å². The highest BCUT2D eigenvalue weighted by molar-refractivity contribution is 7.89. The Bertz CT molecular complexity index is 624. The van der Waals surface area contributed by atoms with Gasteiger partial charge < -0.3 is 14.9 Å². The second kappa shape index (κ2) is 6.98. The molecule has 1 rings (SSSR count). The first-order valence-electron chi connectivity index (χ1n) is 5.28. The van der Waals surface area contributed by atoms with Crippen LogP contribution in [0.5, 0.6) is 5.75 Å². The largest absolute Gasteiger partial charge is 0.479 e. The average molecular weight is 346 g/mol. The number of aliphatic hydroxyl groups excluding tert-OH is 1. The van der Waals surface area contributed by atoms with Crippen LogP contribution in [0.3, 0.4) is 0 Å². The van der Waals surface area contributed by atoms with Gasteiger partial charge in [0.1, 0.15) is 5.75 Å². The molecule has 0 radical (unpaired) electrons. The van der Waals surface area contributed by atoms with E-state index in [0.717, 1.165) is 18.2 Å². The van der Waals surface area contributed by atoms with E-state index in [0.29, 0.717) is 0 Å². The third kappa shape index (κ3) is 5.08. The molecule has 0 unspecified atom stereocenters. The van der Waals surface area contributed by atoms with Crippen molar-refractivity contribution in [1.29, 1.82) is 0 Å². The van der Waals surface area contributed by atoms with E-state index in [9.17, 15) is 22.0 Å². The zero-order chi connectivity index (χ0) is 16.2. The molecule has 21 heavy (non-hydrogen) atoms. The number of alkyl halides is 2. The van der Waals surface area contributed by atoms with E-state index < -0.39 is 45.9 Å². The van der Waals surface area contributed by atoms with E-state index in [2.05, 4.69) is 4.74 Å². The van der Waals surface area contributed by atoms with Crippen molar-refractivity contribution in [2.24, 2.45) is 0 Å². The molecule has 0 bridgehead atoms. The number of rotatable bonds is 7. The molecule has 0 saturated carbocycles. The summed E-state index contributed by atoms with van der Waals surface area (Å²) in [7, 11) is -4.16. The maximum Gasteiger partial charge on any atom is 0.387 e. The summed E-state index contributed by atoms with van der Waals surface area (Å²) in [6.45, 7) is -3.88. The lowest BCUT2D eigenvalue weighted by Gasteiger charge is -2.11. The summed E-state index contributed by atoms with van der Waals surface area (Å²) >= 11 is 5.60. The number of carboxylic acids is 1. The molecule has 1 aromatic rings. The molecule has 1 atom stereocenters. The van der Waals surface area contributed by atoms with Crippen molar-refractivity contribution < 1.29 is 36.9 Å². The number of aliphatic carboxylic acids is 1. The van der Waals surface area contributed by atoms with Gasteiger partial charge in [0, 0.05) is 6.54 Å². The van der Waals surface area contributed by atoms with Crippen LogP contribution in [0.15, 0.2) is 23.1 Å². The first-order valence-corrected chi connectivity index (χ1v) is 7.14. The maximum absolute atomic E-state index is 12.0. The molecule has 7 nitrogen and oxygen atoms in total. The third-order valence-electron chi connectivity index (χ3n) is 2.18. The van der Waals surface area contributed by atoms with Crippen LogP contribution in [-0.2, 0) is 14.8 Å². The highest BCUT2D eigenvalue weighted by atomic mass is 35.5. The monoisotopic (exact) mass is 345 g/mol.